The lowest BCUT2D eigenvalue weighted by Crippen LogP contribution is -2.34. The van der Waals surface area contributed by atoms with E-state index < -0.39 is 0 Å². The summed E-state index contributed by atoms with van der Waals surface area (Å²) in [6.07, 6.45) is 4.50. The first-order valence-electron chi connectivity index (χ1n) is 7.73. The minimum Gasteiger partial charge on any atom is -0.354 e. The van der Waals surface area contributed by atoms with Crippen LogP contribution in [0.1, 0.15) is 18.9 Å². The standard InChI is InChI=1S/C17H21ClN4/c1-14-7-8-21(17-12-19-16(18)11-20-17)9-10-22(14)13-15-5-3-2-4-6-15/h2-6,11-12,14H,7-10,13H2,1H3. The van der Waals surface area contributed by atoms with Crippen LogP contribution >= 0.6 is 11.6 Å². The second kappa shape index (κ2) is 7.07. The summed E-state index contributed by atoms with van der Waals surface area (Å²) in [4.78, 5) is 13.4. The van der Waals surface area contributed by atoms with Gasteiger partial charge in [-0.05, 0) is 18.9 Å². The topological polar surface area (TPSA) is 32.3 Å². The van der Waals surface area contributed by atoms with E-state index in [4.69, 9.17) is 11.6 Å². The van der Waals surface area contributed by atoms with Crippen molar-refractivity contribution in [2.75, 3.05) is 24.5 Å². The minimum atomic E-state index is 0.442. The van der Waals surface area contributed by atoms with E-state index in [1.54, 1.807) is 12.4 Å². The summed E-state index contributed by atoms with van der Waals surface area (Å²) in [7, 11) is 0. The highest BCUT2D eigenvalue weighted by Crippen LogP contribution is 2.18. The lowest BCUT2D eigenvalue weighted by Gasteiger charge is -2.26. The molecule has 1 aliphatic rings. The molecule has 1 unspecified atom stereocenters. The van der Waals surface area contributed by atoms with Gasteiger partial charge in [-0.25, -0.2) is 9.97 Å². The van der Waals surface area contributed by atoms with Gasteiger partial charge in [-0.15, -0.1) is 0 Å². The SMILES string of the molecule is CC1CCN(c2cnc(Cl)cn2)CCN1Cc1ccccc1. The average molecular weight is 317 g/mol. The van der Waals surface area contributed by atoms with Crippen molar-refractivity contribution in [2.24, 2.45) is 0 Å². The van der Waals surface area contributed by atoms with Gasteiger partial charge in [-0.1, -0.05) is 41.9 Å². The van der Waals surface area contributed by atoms with Gasteiger partial charge in [-0.3, -0.25) is 4.90 Å². The lowest BCUT2D eigenvalue weighted by molar-refractivity contribution is 0.212. The number of benzene rings is 1. The Kier molecular flexibility index (Phi) is 4.90. The predicted octanol–water partition coefficient (Wildman–Crippen LogP) is 3.23. The van der Waals surface area contributed by atoms with Crippen LogP contribution in [-0.2, 0) is 6.54 Å². The van der Waals surface area contributed by atoms with Gasteiger partial charge in [0.25, 0.3) is 0 Å². The zero-order valence-corrected chi connectivity index (χ0v) is 13.6. The van der Waals surface area contributed by atoms with Gasteiger partial charge in [-0.2, -0.15) is 0 Å². The summed E-state index contributed by atoms with van der Waals surface area (Å²) in [6, 6.07) is 11.2. The normalized spacial score (nSPS) is 19.9. The maximum absolute atomic E-state index is 5.82. The summed E-state index contributed by atoms with van der Waals surface area (Å²) in [5.41, 5.74) is 1.37. The monoisotopic (exact) mass is 316 g/mol. The van der Waals surface area contributed by atoms with Crippen LogP contribution in [0, 0.1) is 0 Å². The van der Waals surface area contributed by atoms with Gasteiger partial charge in [0.2, 0.25) is 0 Å². The molecule has 0 N–H and O–H groups in total. The van der Waals surface area contributed by atoms with Crippen LogP contribution in [0.25, 0.3) is 0 Å². The molecule has 22 heavy (non-hydrogen) atoms. The molecule has 1 aromatic heterocycles. The summed E-state index contributed by atoms with van der Waals surface area (Å²) in [5.74, 6) is 0.915. The van der Waals surface area contributed by atoms with Crippen LogP contribution < -0.4 is 4.90 Å². The van der Waals surface area contributed by atoms with Crippen molar-refractivity contribution in [3.63, 3.8) is 0 Å². The van der Waals surface area contributed by atoms with Gasteiger partial charge >= 0.3 is 0 Å². The Morgan fingerprint density at radius 3 is 2.64 bits per heavy atom. The Bertz CT molecular complexity index is 587. The Labute approximate surface area is 136 Å². The third-order valence-corrected chi connectivity index (χ3v) is 4.45. The van der Waals surface area contributed by atoms with Gasteiger partial charge in [0.05, 0.1) is 12.4 Å². The summed E-state index contributed by atoms with van der Waals surface area (Å²) in [5, 5.41) is 0.442. The quantitative estimate of drug-likeness (QED) is 0.870. The van der Waals surface area contributed by atoms with Crippen molar-refractivity contribution in [2.45, 2.75) is 25.9 Å². The summed E-state index contributed by atoms with van der Waals surface area (Å²) < 4.78 is 0. The zero-order valence-electron chi connectivity index (χ0n) is 12.8. The number of hydrogen-bond acceptors (Lipinski definition) is 4. The number of aromatic nitrogens is 2. The Morgan fingerprint density at radius 2 is 1.91 bits per heavy atom. The number of anilines is 1. The summed E-state index contributed by atoms with van der Waals surface area (Å²) >= 11 is 5.82. The van der Waals surface area contributed by atoms with Crippen LogP contribution in [0.2, 0.25) is 5.15 Å². The molecular formula is C17H21ClN4. The molecular weight excluding hydrogens is 296 g/mol. The summed E-state index contributed by atoms with van der Waals surface area (Å²) in [6.45, 7) is 6.30. The first-order valence-corrected chi connectivity index (χ1v) is 8.10. The van der Waals surface area contributed by atoms with Crippen molar-refractivity contribution in [1.29, 1.82) is 0 Å². The first-order chi connectivity index (χ1) is 10.7. The molecule has 1 aromatic carbocycles. The fourth-order valence-electron chi connectivity index (χ4n) is 2.86. The second-order valence-corrected chi connectivity index (χ2v) is 6.17. The van der Waals surface area contributed by atoms with E-state index in [1.165, 1.54) is 5.56 Å². The Hall–Kier alpha value is -1.65. The van der Waals surface area contributed by atoms with E-state index in [0.29, 0.717) is 11.2 Å². The van der Waals surface area contributed by atoms with E-state index in [2.05, 4.69) is 57.0 Å². The van der Waals surface area contributed by atoms with Crippen LogP contribution in [0.5, 0.6) is 0 Å². The molecule has 1 aliphatic heterocycles. The molecule has 0 saturated carbocycles. The predicted molar refractivity (Wildman–Crippen MR) is 90.2 cm³/mol. The van der Waals surface area contributed by atoms with Gasteiger partial charge in [0, 0.05) is 32.2 Å². The first kappa shape index (κ1) is 15.3. The van der Waals surface area contributed by atoms with Gasteiger partial charge in [0.1, 0.15) is 11.0 Å². The molecule has 2 aromatic rings. The largest absolute Gasteiger partial charge is 0.354 e. The molecule has 3 rings (SSSR count). The number of rotatable bonds is 3. The lowest BCUT2D eigenvalue weighted by atomic mass is 10.1. The van der Waals surface area contributed by atoms with Crippen LogP contribution in [0.4, 0.5) is 5.82 Å². The molecule has 0 amide bonds. The fraction of sp³-hybridized carbons (Fsp3) is 0.412. The molecule has 116 valence electrons. The maximum Gasteiger partial charge on any atom is 0.147 e. The maximum atomic E-state index is 5.82. The average Bonchev–Trinajstić information content (AvgIpc) is 2.72. The van der Waals surface area contributed by atoms with Crippen LogP contribution in [-0.4, -0.2) is 40.5 Å². The third kappa shape index (κ3) is 3.76. The van der Waals surface area contributed by atoms with E-state index in [0.717, 1.165) is 38.4 Å². The van der Waals surface area contributed by atoms with Crippen molar-refractivity contribution < 1.29 is 0 Å². The van der Waals surface area contributed by atoms with Crippen molar-refractivity contribution in [1.82, 2.24) is 14.9 Å². The molecule has 5 heteroatoms. The zero-order chi connectivity index (χ0) is 15.4. The van der Waals surface area contributed by atoms with Crippen LogP contribution in [0.15, 0.2) is 42.7 Å². The highest BCUT2D eigenvalue weighted by molar-refractivity contribution is 6.29. The smallest absolute Gasteiger partial charge is 0.147 e. The fourth-order valence-corrected chi connectivity index (χ4v) is 2.95. The Balaban J connectivity index is 1.66. The molecule has 4 nitrogen and oxygen atoms in total. The molecule has 1 fully saturated rings. The number of nitrogens with zero attached hydrogens (tertiary/aromatic N) is 4. The number of hydrogen-bond donors (Lipinski definition) is 0. The highest BCUT2D eigenvalue weighted by atomic mass is 35.5. The molecule has 2 heterocycles. The minimum absolute atomic E-state index is 0.442. The highest BCUT2D eigenvalue weighted by Gasteiger charge is 2.21. The molecule has 0 bridgehead atoms. The molecule has 1 atom stereocenters. The Morgan fingerprint density at radius 1 is 1.09 bits per heavy atom. The van der Waals surface area contributed by atoms with E-state index in [1.807, 2.05) is 0 Å². The third-order valence-electron chi connectivity index (χ3n) is 4.26. The van der Waals surface area contributed by atoms with Crippen LogP contribution in [0.3, 0.4) is 0 Å². The van der Waals surface area contributed by atoms with E-state index >= 15 is 0 Å². The van der Waals surface area contributed by atoms with Gasteiger partial charge < -0.3 is 4.90 Å². The van der Waals surface area contributed by atoms with Crippen molar-refractivity contribution in [3.8, 4) is 0 Å². The molecule has 0 radical (unpaired) electrons. The van der Waals surface area contributed by atoms with Gasteiger partial charge in [0.15, 0.2) is 0 Å². The second-order valence-electron chi connectivity index (χ2n) is 5.78. The van der Waals surface area contributed by atoms with Crippen molar-refractivity contribution >= 4 is 17.4 Å². The van der Waals surface area contributed by atoms with E-state index in [-0.39, 0.29) is 0 Å². The van der Waals surface area contributed by atoms with Crippen molar-refractivity contribution in [3.05, 3.63) is 53.4 Å². The van der Waals surface area contributed by atoms with E-state index in [9.17, 15) is 0 Å². The molecule has 1 saturated heterocycles. The number of halogens is 1. The molecule has 0 aliphatic carbocycles. The molecule has 0 spiro atoms.